The van der Waals surface area contributed by atoms with Crippen LogP contribution in [0.15, 0.2) is 11.4 Å². The van der Waals surface area contributed by atoms with Crippen LogP contribution in [-0.4, -0.2) is 6.54 Å². The highest BCUT2D eigenvalue weighted by molar-refractivity contribution is 14.1. The second-order valence-electron chi connectivity index (χ2n) is 5.39. The van der Waals surface area contributed by atoms with Crippen molar-refractivity contribution in [3.63, 3.8) is 0 Å². The molecule has 0 aliphatic rings. The number of thiophene rings is 1. The standard InChI is InChI=1S/C13H22INS/c1-5-15-11(6-7-13(2,3)4)10-8-12(14)16-9-10/h8-9,11,15H,5-7H2,1-4H3. The van der Waals surface area contributed by atoms with Crippen molar-refractivity contribution in [1.29, 1.82) is 0 Å². The van der Waals surface area contributed by atoms with Crippen LogP contribution in [0.4, 0.5) is 0 Å². The van der Waals surface area contributed by atoms with Crippen LogP contribution in [0.25, 0.3) is 0 Å². The van der Waals surface area contributed by atoms with Crippen molar-refractivity contribution in [3.05, 3.63) is 19.9 Å². The maximum absolute atomic E-state index is 3.59. The van der Waals surface area contributed by atoms with E-state index in [2.05, 4.69) is 67.0 Å². The fraction of sp³-hybridized carbons (Fsp3) is 0.692. The Morgan fingerprint density at radius 1 is 1.44 bits per heavy atom. The van der Waals surface area contributed by atoms with E-state index in [4.69, 9.17) is 0 Å². The predicted molar refractivity (Wildman–Crippen MR) is 82.1 cm³/mol. The molecule has 92 valence electrons. The van der Waals surface area contributed by atoms with E-state index in [1.165, 1.54) is 21.3 Å². The predicted octanol–water partition coefficient (Wildman–Crippen LogP) is 4.83. The molecule has 0 amide bonds. The van der Waals surface area contributed by atoms with Crippen LogP contribution in [0.5, 0.6) is 0 Å². The van der Waals surface area contributed by atoms with Gasteiger partial charge in [0.15, 0.2) is 0 Å². The minimum Gasteiger partial charge on any atom is -0.310 e. The molecule has 1 N–H and O–H groups in total. The molecule has 0 aliphatic heterocycles. The molecule has 0 saturated heterocycles. The minimum atomic E-state index is 0.427. The molecule has 1 heterocycles. The van der Waals surface area contributed by atoms with E-state index in [1.54, 1.807) is 0 Å². The van der Waals surface area contributed by atoms with Crippen LogP contribution < -0.4 is 5.32 Å². The number of hydrogen-bond donors (Lipinski definition) is 1. The molecule has 1 unspecified atom stereocenters. The molecule has 0 fully saturated rings. The van der Waals surface area contributed by atoms with E-state index in [9.17, 15) is 0 Å². The maximum Gasteiger partial charge on any atom is 0.0656 e. The summed E-state index contributed by atoms with van der Waals surface area (Å²) in [6, 6.07) is 2.84. The molecule has 3 heteroatoms. The average molecular weight is 351 g/mol. The Balaban J connectivity index is 2.61. The maximum atomic E-state index is 3.59. The third-order valence-corrected chi connectivity index (χ3v) is 4.43. The molecule has 16 heavy (non-hydrogen) atoms. The molecule has 0 spiro atoms. The number of hydrogen-bond acceptors (Lipinski definition) is 2. The fourth-order valence-corrected chi connectivity index (χ4v) is 3.14. The van der Waals surface area contributed by atoms with Gasteiger partial charge in [0.2, 0.25) is 0 Å². The van der Waals surface area contributed by atoms with Crippen molar-refractivity contribution in [2.45, 2.75) is 46.6 Å². The van der Waals surface area contributed by atoms with Gasteiger partial charge in [0.05, 0.1) is 2.88 Å². The van der Waals surface area contributed by atoms with Crippen LogP contribution in [0.1, 0.15) is 52.1 Å². The molecule has 1 nitrogen and oxygen atoms in total. The minimum absolute atomic E-state index is 0.427. The highest BCUT2D eigenvalue weighted by Crippen LogP contribution is 2.30. The molecule has 1 aromatic heterocycles. The summed E-state index contributed by atoms with van der Waals surface area (Å²) in [5, 5.41) is 5.88. The number of halogens is 1. The fourth-order valence-electron chi connectivity index (χ4n) is 1.72. The SMILES string of the molecule is CCNC(CCC(C)(C)C)c1csc(I)c1. The lowest BCUT2D eigenvalue weighted by Crippen LogP contribution is -2.22. The zero-order chi connectivity index (χ0) is 12.2. The van der Waals surface area contributed by atoms with Gasteiger partial charge in [-0.05, 0) is 64.4 Å². The average Bonchev–Trinajstić information content (AvgIpc) is 2.57. The van der Waals surface area contributed by atoms with Gasteiger partial charge in [-0.2, -0.15) is 0 Å². The quantitative estimate of drug-likeness (QED) is 0.750. The van der Waals surface area contributed by atoms with Crippen molar-refractivity contribution < 1.29 is 0 Å². The van der Waals surface area contributed by atoms with Gasteiger partial charge < -0.3 is 5.32 Å². The second kappa shape index (κ2) is 6.36. The lowest BCUT2D eigenvalue weighted by Gasteiger charge is -2.23. The van der Waals surface area contributed by atoms with Crippen molar-refractivity contribution >= 4 is 33.9 Å². The molecule has 0 saturated carbocycles. The van der Waals surface area contributed by atoms with Crippen LogP contribution in [0, 0.1) is 8.30 Å². The summed E-state index contributed by atoms with van der Waals surface area (Å²) in [5.74, 6) is 0. The summed E-state index contributed by atoms with van der Waals surface area (Å²) in [7, 11) is 0. The largest absolute Gasteiger partial charge is 0.310 e. The Bertz CT molecular complexity index is 314. The Morgan fingerprint density at radius 3 is 2.56 bits per heavy atom. The van der Waals surface area contributed by atoms with E-state index in [-0.39, 0.29) is 0 Å². The molecule has 0 aromatic carbocycles. The smallest absolute Gasteiger partial charge is 0.0656 e. The van der Waals surface area contributed by atoms with Gasteiger partial charge in [0.1, 0.15) is 0 Å². The number of nitrogens with one attached hydrogen (secondary N) is 1. The summed E-state index contributed by atoms with van der Waals surface area (Å²) in [6.07, 6.45) is 2.49. The third kappa shape index (κ3) is 5.15. The lowest BCUT2D eigenvalue weighted by molar-refractivity contribution is 0.334. The topological polar surface area (TPSA) is 12.0 Å². The van der Waals surface area contributed by atoms with E-state index in [0.29, 0.717) is 11.5 Å². The molecule has 0 aliphatic carbocycles. The first-order valence-corrected chi connectivity index (χ1v) is 7.85. The normalized spacial score (nSPS) is 14.1. The second-order valence-corrected chi connectivity index (χ2v) is 8.20. The van der Waals surface area contributed by atoms with E-state index in [0.717, 1.165) is 6.54 Å². The first kappa shape index (κ1) is 14.5. The van der Waals surface area contributed by atoms with Crippen LogP contribution in [-0.2, 0) is 0 Å². The Labute approximate surface area is 117 Å². The molecule has 0 radical (unpaired) electrons. The summed E-state index contributed by atoms with van der Waals surface area (Å²) < 4.78 is 1.38. The monoisotopic (exact) mass is 351 g/mol. The van der Waals surface area contributed by atoms with Gasteiger partial charge in [-0.15, -0.1) is 11.3 Å². The van der Waals surface area contributed by atoms with Gasteiger partial charge in [0, 0.05) is 6.04 Å². The molecule has 0 bridgehead atoms. The Hall–Kier alpha value is 0.390. The highest BCUT2D eigenvalue weighted by atomic mass is 127. The number of rotatable bonds is 5. The van der Waals surface area contributed by atoms with Crippen molar-refractivity contribution in [3.8, 4) is 0 Å². The summed E-state index contributed by atoms with van der Waals surface area (Å²) in [5.41, 5.74) is 1.89. The van der Waals surface area contributed by atoms with Crippen LogP contribution in [0.2, 0.25) is 0 Å². The zero-order valence-corrected chi connectivity index (χ0v) is 13.6. The van der Waals surface area contributed by atoms with Gasteiger partial charge in [-0.25, -0.2) is 0 Å². The van der Waals surface area contributed by atoms with Gasteiger partial charge in [-0.3, -0.25) is 0 Å². The van der Waals surface area contributed by atoms with Gasteiger partial charge in [0.25, 0.3) is 0 Å². The molecular formula is C13H22INS. The van der Waals surface area contributed by atoms with Gasteiger partial charge in [-0.1, -0.05) is 27.7 Å². The molecular weight excluding hydrogens is 329 g/mol. The van der Waals surface area contributed by atoms with Crippen molar-refractivity contribution in [1.82, 2.24) is 5.32 Å². The van der Waals surface area contributed by atoms with Crippen LogP contribution in [0.3, 0.4) is 0 Å². The third-order valence-electron chi connectivity index (χ3n) is 2.62. The zero-order valence-electron chi connectivity index (χ0n) is 10.6. The van der Waals surface area contributed by atoms with Crippen molar-refractivity contribution in [2.24, 2.45) is 5.41 Å². The lowest BCUT2D eigenvalue weighted by atomic mass is 9.87. The van der Waals surface area contributed by atoms with E-state index < -0.39 is 0 Å². The van der Waals surface area contributed by atoms with Crippen LogP contribution >= 0.6 is 33.9 Å². The first-order chi connectivity index (χ1) is 7.42. The van der Waals surface area contributed by atoms with E-state index >= 15 is 0 Å². The molecule has 1 atom stereocenters. The molecule has 1 aromatic rings. The summed E-state index contributed by atoms with van der Waals surface area (Å²) in [4.78, 5) is 0. The summed E-state index contributed by atoms with van der Waals surface area (Å²) in [6.45, 7) is 10.2. The Morgan fingerprint density at radius 2 is 2.12 bits per heavy atom. The van der Waals surface area contributed by atoms with E-state index in [1.807, 2.05) is 11.3 Å². The first-order valence-electron chi connectivity index (χ1n) is 5.89. The van der Waals surface area contributed by atoms with Gasteiger partial charge >= 0.3 is 0 Å². The molecule has 1 rings (SSSR count). The summed E-state index contributed by atoms with van der Waals surface area (Å²) >= 11 is 4.24. The van der Waals surface area contributed by atoms with Crippen molar-refractivity contribution in [2.75, 3.05) is 6.54 Å². The Kier molecular flexibility index (Phi) is 5.74. The highest BCUT2D eigenvalue weighted by Gasteiger charge is 2.16.